The maximum Gasteiger partial charge on any atom is 0.246 e. The molecule has 3 heterocycles. The zero-order valence-electron chi connectivity index (χ0n) is 13.8. The van der Waals surface area contributed by atoms with E-state index in [2.05, 4.69) is 6.92 Å². The number of hydrogen-bond acceptors (Lipinski definition) is 4. The first kappa shape index (κ1) is 16.0. The molecule has 2 amide bonds. The van der Waals surface area contributed by atoms with Crippen LogP contribution in [0.25, 0.3) is 0 Å². The Bertz CT molecular complexity index is 653. The minimum absolute atomic E-state index is 0.0747. The Morgan fingerprint density at radius 3 is 2.92 bits per heavy atom. The van der Waals surface area contributed by atoms with Crippen molar-refractivity contribution in [1.82, 2.24) is 9.80 Å². The van der Waals surface area contributed by atoms with Gasteiger partial charge in [-0.3, -0.25) is 9.59 Å². The van der Waals surface area contributed by atoms with Crippen LogP contribution in [0.1, 0.15) is 31.4 Å². The van der Waals surface area contributed by atoms with E-state index in [1.165, 1.54) is 0 Å². The molecule has 0 radical (unpaired) electrons. The molecule has 3 aliphatic rings. The number of carbonyl (C=O) groups is 2. The molecule has 24 heavy (non-hydrogen) atoms. The molecule has 0 aromatic heterocycles. The third-order valence-electron chi connectivity index (χ3n) is 5.28. The molecule has 0 spiro atoms. The Morgan fingerprint density at radius 2 is 2.12 bits per heavy atom. The summed E-state index contributed by atoms with van der Waals surface area (Å²) in [5.74, 6) is 0.897. The molecule has 1 aromatic rings. The summed E-state index contributed by atoms with van der Waals surface area (Å²) in [4.78, 5) is 28.9. The predicted molar refractivity (Wildman–Crippen MR) is 92.4 cm³/mol. The van der Waals surface area contributed by atoms with Crippen LogP contribution in [0.3, 0.4) is 0 Å². The van der Waals surface area contributed by atoms with Gasteiger partial charge in [0.25, 0.3) is 0 Å². The maximum absolute atomic E-state index is 13.1. The quantitative estimate of drug-likeness (QED) is 0.822. The molecule has 0 aliphatic carbocycles. The van der Waals surface area contributed by atoms with Crippen LogP contribution in [0.15, 0.2) is 30.3 Å². The predicted octanol–water partition coefficient (Wildman–Crippen LogP) is 2.04. The van der Waals surface area contributed by atoms with Crippen molar-refractivity contribution in [2.75, 3.05) is 25.4 Å². The van der Waals surface area contributed by atoms with Crippen molar-refractivity contribution in [2.45, 2.75) is 36.8 Å². The first-order valence-electron chi connectivity index (χ1n) is 8.50. The summed E-state index contributed by atoms with van der Waals surface area (Å²) in [7, 11) is 0. The highest BCUT2D eigenvalue weighted by Crippen LogP contribution is 2.47. The first-order chi connectivity index (χ1) is 11.6. The van der Waals surface area contributed by atoms with Crippen molar-refractivity contribution >= 4 is 23.6 Å². The number of carbonyl (C=O) groups excluding carboxylic acids is 2. The SMILES string of the molecule is CC12CCC(=O)N1C(C(=O)N1CCOC(c3ccccc3)C1)CS2. The molecule has 0 saturated carbocycles. The lowest BCUT2D eigenvalue weighted by Gasteiger charge is -2.37. The first-order valence-corrected chi connectivity index (χ1v) is 9.48. The molecule has 3 unspecified atom stereocenters. The average Bonchev–Trinajstić information content (AvgIpc) is 3.11. The van der Waals surface area contributed by atoms with E-state index in [1.54, 1.807) is 11.8 Å². The van der Waals surface area contributed by atoms with Crippen molar-refractivity contribution < 1.29 is 14.3 Å². The van der Waals surface area contributed by atoms with Gasteiger partial charge in [0.15, 0.2) is 0 Å². The third kappa shape index (κ3) is 2.62. The highest BCUT2D eigenvalue weighted by molar-refractivity contribution is 8.01. The van der Waals surface area contributed by atoms with Gasteiger partial charge in [0.1, 0.15) is 12.1 Å². The number of nitrogens with zero attached hydrogens (tertiary/aromatic N) is 2. The summed E-state index contributed by atoms with van der Waals surface area (Å²) in [6.07, 6.45) is 1.32. The van der Waals surface area contributed by atoms with Gasteiger partial charge in [-0.15, -0.1) is 11.8 Å². The fraction of sp³-hybridized carbons (Fsp3) is 0.556. The second kappa shape index (κ2) is 6.08. The molecular formula is C18H22N2O3S. The van der Waals surface area contributed by atoms with Crippen LogP contribution in [0.5, 0.6) is 0 Å². The second-order valence-electron chi connectivity index (χ2n) is 6.82. The van der Waals surface area contributed by atoms with Gasteiger partial charge in [-0.2, -0.15) is 0 Å². The maximum atomic E-state index is 13.1. The average molecular weight is 346 g/mol. The van der Waals surface area contributed by atoms with E-state index < -0.39 is 0 Å². The van der Waals surface area contributed by atoms with Crippen LogP contribution in [0, 0.1) is 0 Å². The normalized spacial score (nSPS) is 33.0. The van der Waals surface area contributed by atoms with Crippen LogP contribution in [-0.2, 0) is 14.3 Å². The van der Waals surface area contributed by atoms with Crippen molar-refractivity contribution in [3.8, 4) is 0 Å². The summed E-state index contributed by atoms with van der Waals surface area (Å²) >= 11 is 1.74. The van der Waals surface area contributed by atoms with Crippen molar-refractivity contribution in [1.29, 1.82) is 0 Å². The summed E-state index contributed by atoms with van der Waals surface area (Å²) in [5, 5.41) is 0. The number of morpholine rings is 1. The van der Waals surface area contributed by atoms with E-state index in [1.807, 2.05) is 40.1 Å². The molecule has 3 saturated heterocycles. The summed E-state index contributed by atoms with van der Waals surface area (Å²) in [6.45, 7) is 3.78. The molecule has 3 aliphatic heterocycles. The fourth-order valence-electron chi connectivity index (χ4n) is 3.93. The molecule has 1 aromatic carbocycles. The zero-order chi connectivity index (χ0) is 16.7. The van der Waals surface area contributed by atoms with E-state index in [-0.39, 0.29) is 28.8 Å². The van der Waals surface area contributed by atoms with Crippen LogP contribution in [0.4, 0.5) is 0 Å². The van der Waals surface area contributed by atoms with Crippen LogP contribution in [-0.4, -0.2) is 58.0 Å². The summed E-state index contributed by atoms with van der Waals surface area (Å²) < 4.78 is 5.85. The van der Waals surface area contributed by atoms with Gasteiger partial charge in [-0.25, -0.2) is 0 Å². The van der Waals surface area contributed by atoms with Gasteiger partial charge >= 0.3 is 0 Å². The largest absolute Gasteiger partial charge is 0.370 e. The number of rotatable bonds is 2. The highest BCUT2D eigenvalue weighted by Gasteiger charge is 2.53. The zero-order valence-corrected chi connectivity index (χ0v) is 14.6. The Balaban J connectivity index is 1.49. The molecule has 0 N–H and O–H groups in total. The lowest BCUT2D eigenvalue weighted by molar-refractivity contribution is -0.149. The van der Waals surface area contributed by atoms with E-state index in [9.17, 15) is 9.59 Å². The minimum atomic E-state index is -0.315. The van der Waals surface area contributed by atoms with Gasteiger partial charge in [0.2, 0.25) is 11.8 Å². The standard InChI is InChI=1S/C18H22N2O3S/c1-18-8-7-16(21)20(18)14(12-24-18)17(22)19-9-10-23-15(11-19)13-5-3-2-4-6-13/h2-6,14-15H,7-12H2,1H3. The van der Waals surface area contributed by atoms with Crippen molar-refractivity contribution in [3.63, 3.8) is 0 Å². The van der Waals surface area contributed by atoms with Gasteiger partial charge in [-0.05, 0) is 18.9 Å². The molecule has 5 nitrogen and oxygen atoms in total. The topological polar surface area (TPSA) is 49.9 Å². The molecular weight excluding hydrogens is 324 g/mol. The van der Waals surface area contributed by atoms with Gasteiger partial charge in [0.05, 0.1) is 18.0 Å². The second-order valence-corrected chi connectivity index (χ2v) is 8.32. The smallest absolute Gasteiger partial charge is 0.246 e. The van der Waals surface area contributed by atoms with E-state index in [0.717, 1.165) is 12.0 Å². The monoisotopic (exact) mass is 346 g/mol. The Morgan fingerprint density at radius 1 is 1.33 bits per heavy atom. The van der Waals surface area contributed by atoms with Crippen molar-refractivity contribution in [3.05, 3.63) is 35.9 Å². The molecule has 4 rings (SSSR count). The Hall–Kier alpha value is -1.53. The molecule has 0 bridgehead atoms. The number of fused-ring (bicyclic) bond motifs is 1. The lowest BCUT2D eigenvalue weighted by Crippen LogP contribution is -2.54. The molecule has 3 atom stereocenters. The Labute approximate surface area is 146 Å². The lowest BCUT2D eigenvalue weighted by atomic mass is 10.1. The molecule has 128 valence electrons. The Kier molecular flexibility index (Phi) is 4.04. The van der Waals surface area contributed by atoms with Gasteiger partial charge in [-0.1, -0.05) is 30.3 Å². The van der Waals surface area contributed by atoms with Gasteiger partial charge in [0, 0.05) is 18.7 Å². The van der Waals surface area contributed by atoms with Gasteiger partial charge < -0.3 is 14.5 Å². The number of hydrogen-bond donors (Lipinski definition) is 0. The number of thioether (sulfide) groups is 1. The third-order valence-corrected chi connectivity index (χ3v) is 6.78. The van der Waals surface area contributed by atoms with Crippen LogP contribution in [0.2, 0.25) is 0 Å². The van der Waals surface area contributed by atoms with Crippen LogP contribution >= 0.6 is 11.8 Å². The van der Waals surface area contributed by atoms with Crippen LogP contribution < -0.4 is 0 Å². The van der Waals surface area contributed by atoms with E-state index >= 15 is 0 Å². The molecule has 6 heteroatoms. The highest BCUT2D eigenvalue weighted by atomic mass is 32.2. The number of ether oxygens (including phenoxy) is 1. The van der Waals surface area contributed by atoms with Crippen molar-refractivity contribution in [2.24, 2.45) is 0 Å². The summed E-state index contributed by atoms with van der Waals surface area (Å²) in [6, 6.07) is 9.70. The number of amides is 2. The fourth-order valence-corrected chi connectivity index (χ4v) is 5.36. The van der Waals surface area contributed by atoms with E-state index in [0.29, 0.717) is 31.9 Å². The summed E-state index contributed by atoms with van der Waals surface area (Å²) in [5.41, 5.74) is 1.10. The molecule has 3 fully saturated rings. The van der Waals surface area contributed by atoms with E-state index in [4.69, 9.17) is 4.74 Å². The number of benzene rings is 1. The minimum Gasteiger partial charge on any atom is -0.370 e.